The number of carbonyl (C=O) groups is 1. The lowest BCUT2D eigenvalue weighted by atomic mass is 10.1. The second kappa shape index (κ2) is 6.46. The summed E-state index contributed by atoms with van der Waals surface area (Å²) >= 11 is 0. The molecule has 0 saturated heterocycles. The van der Waals surface area contributed by atoms with E-state index in [1.807, 2.05) is 12.3 Å². The number of aromatic nitrogens is 1. The van der Waals surface area contributed by atoms with Gasteiger partial charge < -0.3 is 11.2 Å². The quantitative estimate of drug-likeness (QED) is 0.794. The van der Waals surface area contributed by atoms with Gasteiger partial charge in [0, 0.05) is 24.5 Å². The van der Waals surface area contributed by atoms with Gasteiger partial charge in [0.2, 0.25) is 5.91 Å². The molecule has 20 heavy (non-hydrogen) atoms. The molecule has 3 N–H and O–H groups in total. The summed E-state index contributed by atoms with van der Waals surface area (Å²) in [6.45, 7) is 4.82. The van der Waals surface area contributed by atoms with Crippen molar-refractivity contribution >= 4 is 16.8 Å². The lowest BCUT2D eigenvalue weighted by molar-refractivity contribution is -0.121. The molecule has 1 heterocycles. The predicted molar refractivity (Wildman–Crippen MR) is 83.1 cm³/mol. The fraction of sp³-hybridized carbons (Fsp3) is 0.438. The SMILES string of the molecule is CCCCC(=O)NCCc1cn(N)c2ccc(C)cc12. The summed E-state index contributed by atoms with van der Waals surface area (Å²) in [5.41, 5.74) is 3.43. The topological polar surface area (TPSA) is 60.0 Å². The van der Waals surface area contributed by atoms with Gasteiger partial charge in [0.1, 0.15) is 0 Å². The number of nitrogen functional groups attached to an aromatic ring is 1. The standard InChI is InChI=1S/C16H23N3O/c1-3-4-5-16(20)18-9-8-13-11-19(17)15-7-6-12(2)10-14(13)15/h6-7,10-11H,3-5,8-9,17H2,1-2H3,(H,18,20). The van der Waals surface area contributed by atoms with E-state index < -0.39 is 0 Å². The van der Waals surface area contributed by atoms with Gasteiger partial charge in [-0.3, -0.25) is 9.47 Å². The molecule has 4 heteroatoms. The van der Waals surface area contributed by atoms with E-state index in [4.69, 9.17) is 5.84 Å². The minimum Gasteiger partial charge on any atom is -0.356 e. The Labute approximate surface area is 119 Å². The van der Waals surface area contributed by atoms with Crippen molar-refractivity contribution in [2.45, 2.75) is 39.5 Å². The molecule has 108 valence electrons. The Balaban J connectivity index is 2.00. The number of unbranched alkanes of at least 4 members (excludes halogenated alkanes) is 1. The molecule has 0 aliphatic heterocycles. The number of hydrogen-bond donors (Lipinski definition) is 2. The van der Waals surface area contributed by atoms with E-state index in [9.17, 15) is 4.79 Å². The molecule has 2 rings (SSSR count). The molecule has 0 aliphatic carbocycles. The Kier molecular flexibility index (Phi) is 4.66. The zero-order chi connectivity index (χ0) is 14.5. The smallest absolute Gasteiger partial charge is 0.220 e. The van der Waals surface area contributed by atoms with Crippen molar-refractivity contribution in [3.05, 3.63) is 35.5 Å². The van der Waals surface area contributed by atoms with Gasteiger partial charge in [0.15, 0.2) is 0 Å². The maximum atomic E-state index is 11.6. The normalized spacial score (nSPS) is 10.9. The van der Waals surface area contributed by atoms with E-state index in [1.165, 1.54) is 16.5 Å². The number of aryl methyl sites for hydroxylation is 1. The largest absolute Gasteiger partial charge is 0.356 e. The molecule has 2 aromatic rings. The monoisotopic (exact) mass is 273 g/mol. The van der Waals surface area contributed by atoms with Crippen LogP contribution in [0.2, 0.25) is 0 Å². The van der Waals surface area contributed by atoms with Gasteiger partial charge in [0.25, 0.3) is 0 Å². The van der Waals surface area contributed by atoms with Gasteiger partial charge in [-0.1, -0.05) is 25.0 Å². The highest BCUT2D eigenvalue weighted by Gasteiger charge is 2.07. The van der Waals surface area contributed by atoms with Crippen LogP contribution in [0.1, 0.15) is 37.3 Å². The summed E-state index contributed by atoms with van der Waals surface area (Å²) < 4.78 is 1.66. The number of rotatable bonds is 6. The van der Waals surface area contributed by atoms with Gasteiger partial charge in [-0.05, 0) is 37.5 Å². The van der Waals surface area contributed by atoms with Gasteiger partial charge in [-0.2, -0.15) is 0 Å². The molecule has 1 aromatic heterocycles. The van der Waals surface area contributed by atoms with Crippen molar-refractivity contribution < 1.29 is 4.79 Å². The van der Waals surface area contributed by atoms with Gasteiger partial charge in [-0.25, -0.2) is 0 Å². The van der Waals surface area contributed by atoms with E-state index in [2.05, 4.69) is 31.3 Å². The number of nitrogens with zero attached hydrogens (tertiary/aromatic N) is 1. The number of hydrogen-bond acceptors (Lipinski definition) is 2. The van der Waals surface area contributed by atoms with Crippen molar-refractivity contribution in [3.63, 3.8) is 0 Å². The molecular weight excluding hydrogens is 250 g/mol. The number of amides is 1. The van der Waals surface area contributed by atoms with Crippen molar-refractivity contribution in [2.24, 2.45) is 0 Å². The van der Waals surface area contributed by atoms with Crippen LogP contribution in [0.4, 0.5) is 0 Å². The summed E-state index contributed by atoms with van der Waals surface area (Å²) in [6, 6.07) is 6.24. The molecular formula is C16H23N3O. The summed E-state index contributed by atoms with van der Waals surface area (Å²) in [4.78, 5) is 11.6. The minimum atomic E-state index is 0.138. The number of nitrogens with one attached hydrogen (secondary N) is 1. The molecule has 0 unspecified atom stereocenters. The van der Waals surface area contributed by atoms with Crippen molar-refractivity contribution in [2.75, 3.05) is 12.4 Å². The molecule has 0 aliphatic rings. The molecule has 0 fully saturated rings. The molecule has 0 saturated carbocycles. The summed E-state index contributed by atoms with van der Waals surface area (Å²) in [7, 11) is 0. The Bertz CT molecular complexity index is 601. The third kappa shape index (κ3) is 3.32. The summed E-state index contributed by atoms with van der Waals surface area (Å²) in [6.07, 6.45) is 5.37. The minimum absolute atomic E-state index is 0.138. The third-order valence-electron chi connectivity index (χ3n) is 3.54. The summed E-state index contributed by atoms with van der Waals surface area (Å²) in [5, 5.41) is 4.14. The second-order valence-electron chi connectivity index (χ2n) is 5.29. The first-order chi connectivity index (χ1) is 9.61. The lowest BCUT2D eigenvalue weighted by Gasteiger charge is -2.04. The van der Waals surface area contributed by atoms with E-state index in [0.717, 1.165) is 24.8 Å². The number of fused-ring (bicyclic) bond motifs is 1. The Morgan fingerprint density at radius 2 is 2.20 bits per heavy atom. The lowest BCUT2D eigenvalue weighted by Crippen LogP contribution is -2.25. The first-order valence-corrected chi connectivity index (χ1v) is 7.24. The number of nitrogens with two attached hydrogens (primary N) is 1. The molecule has 0 spiro atoms. The van der Waals surface area contributed by atoms with E-state index in [1.54, 1.807) is 4.68 Å². The number of carbonyl (C=O) groups excluding carboxylic acids is 1. The first-order valence-electron chi connectivity index (χ1n) is 7.24. The van der Waals surface area contributed by atoms with Crippen LogP contribution in [-0.2, 0) is 11.2 Å². The van der Waals surface area contributed by atoms with Crippen LogP contribution in [0.25, 0.3) is 10.9 Å². The molecule has 1 amide bonds. The van der Waals surface area contributed by atoms with Gasteiger partial charge in [0.05, 0.1) is 5.52 Å². The fourth-order valence-electron chi connectivity index (χ4n) is 2.40. The first kappa shape index (κ1) is 14.4. The van der Waals surface area contributed by atoms with Gasteiger partial charge >= 0.3 is 0 Å². The summed E-state index contributed by atoms with van der Waals surface area (Å²) in [5.74, 6) is 6.09. The molecule has 1 aromatic carbocycles. The van der Waals surface area contributed by atoms with Crippen LogP contribution in [0.5, 0.6) is 0 Å². The number of benzene rings is 1. The van der Waals surface area contributed by atoms with E-state index in [-0.39, 0.29) is 5.91 Å². The highest BCUT2D eigenvalue weighted by atomic mass is 16.1. The van der Waals surface area contributed by atoms with Crippen LogP contribution < -0.4 is 11.2 Å². The fourth-order valence-corrected chi connectivity index (χ4v) is 2.40. The van der Waals surface area contributed by atoms with Crippen LogP contribution in [0.15, 0.2) is 24.4 Å². The Morgan fingerprint density at radius 3 is 2.95 bits per heavy atom. The van der Waals surface area contributed by atoms with Crippen LogP contribution >= 0.6 is 0 Å². The predicted octanol–water partition coefficient (Wildman–Crippen LogP) is 2.51. The maximum absolute atomic E-state index is 11.6. The van der Waals surface area contributed by atoms with E-state index in [0.29, 0.717) is 13.0 Å². The van der Waals surface area contributed by atoms with Crippen molar-refractivity contribution in [3.8, 4) is 0 Å². The zero-order valence-electron chi connectivity index (χ0n) is 12.3. The Hall–Kier alpha value is -1.97. The highest BCUT2D eigenvalue weighted by Crippen LogP contribution is 2.21. The van der Waals surface area contributed by atoms with Crippen LogP contribution in [-0.4, -0.2) is 17.1 Å². The average Bonchev–Trinajstić information content (AvgIpc) is 2.73. The zero-order valence-corrected chi connectivity index (χ0v) is 12.3. The Morgan fingerprint density at radius 1 is 1.40 bits per heavy atom. The molecule has 0 radical (unpaired) electrons. The van der Waals surface area contributed by atoms with Gasteiger partial charge in [-0.15, -0.1) is 0 Å². The van der Waals surface area contributed by atoms with Crippen LogP contribution in [0.3, 0.4) is 0 Å². The molecule has 0 atom stereocenters. The van der Waals surface area contributed by atoms with Crippen molar-refractivity contribution in [1.29, 1.82) is 0 Å². The average molecular weight is 273 g/mol. The second-order valence-corrected chi connectivity index (χ2v) is 5.29. The van der Waals surface area contributed by atoms with E-state index >= 15 is 0 Å². The molecule has 0 bridgehead atoms. The molecule has 4 nitrogen and oxygen atoms in total. The van der Waals surface area contributed by atoms with Crippen LogP contribution in [0, 0.1) is 6.92 Å². The van der Waals surface area contributed by atoms with Crippen molar-refractivity contribution in [1.82, 2.24) is 9.99 Å². The maximum Gasteiger partial charge on any atom is 0.220 e. The highest BCUT2D eigenvalue weighted by molar-refractivity contribution is 5.85. The third-order valence-corrected chi connectivity index (χ3v) is 3.54.